The molecule has 0 bridgehead atoms. The number of carbonyl (C=O) groups is 2. The van der Waals surface area contributed by atoms with Crippen LogP contribution in [0.4, 0.5) is 0 Å². The summed E-state index contributed by atoms with van der Waals surface area (Å²) in [6.07, 6.45) is 4.75. The number of likely N-dealkylation sites (tertiary alicyclic amines) is 1. The van der Waals surface area contributed by atoms with Gasteiger partial charge in [-0.05, 0) is 43.2 Å². The molecule has 1 saturated heterocycles. The Morgan fingerprint density at radius 2 is 2.00 bits per heavy atom. The third-order valence-electron chi connectivity index (χ3n) is 4.74. The minimum Gasteiger partial charge on any atom is -0.481 e. The van der Waals surface area contributed by atoms with Gasteiger partial charge < -0.3 is 10.0 Å². The fourth-order valence-electron chi connectivity index (χ4n) is 3.75. The predicted octanol–water partition coefficient (Wildman–Crippen LogP) is 2.57. The maximum atomic E-state index is 12.9. The van der Waals surface area contributed by atoms with E-state index in [1.807, 2.05) is 17.0 Å². The highest BCUT2D eigenvalue weighted by molar-refractivity contribution is 5.85. The first-order valence-electron chi connectivity index (χ1n) is 7.77. The van der Waals surface area contributed by atoms with Crippen LogP contribution in [-0.4, -0.2) is 34.5 Å². The molecule has 0 spiro atoms. The maximum Gasteiger partial charge on any atom is 0.305 e. The quantitative estimate of drug-likeness (QED) is 0.929. The lowest BCUT2D eigenvalue weighted by Crippen LogP contribution is -2.40. The first kappa shape index (κ1) is 14.1. The minimum atomic E-state index is -0.816. The SMILES string of the molecule is O=C(O)CC1CCCN1C(=O)C1CCCc2ccccc21. The summed E-state index contributed by atoms with van der Waals surface area (Å²) < 4.78 is 0. The lowest BCUT2D eigenvalue weighted by atomic mass is 9.82. The molecule has 1 aliphatic heterocycles. The van der Waals surface area contributed by atoms with Gasteiger partial charge in [0.15, 0.2) is 0 Å². The number of carboxylic acids is 1. The Kier molecular flexibility index (Phi) is 3.95. The van der Waals surface area contributed by atoms with Gasteiger partial charge in [0.25, 0.3) is 0 Å². The molecule has 112 valence electrons. The summed E-state index contributed by atoms with van der Waals surface area (Å²) in [5.74, 6) is -0.765. The molecule has 1 amide bonds. The Morgan fingerprint density at radius 3 is 2.81 bits per heavy atom. The molecular weight excluding hydrogens is 266 g/mol. The monoisotopic (exact) mass is 287 g/mol. The van der Waals surface area contributed by atoms with Gasteiger partial charge in [-0.3, -0.25) is 9.59 Å². The van der Waals surface area contributed by atoms with E-state index >= 15 is 0 Å². The Labute approximate surface area is 124 Å². The van der Waals surface area contributed by atoms with Crippen LogP contribution in [0, 0.1) is 0 Å². The van der Waals surface area contributed by atoms with E-state index in [0.717, 1.165) is 37.7 Å². The Hall–Kier alpha value is -1.84. The van der Waals surface area contributed by atoms with E-state index in [1.54, 1.807) is 0 Å². The second kappa shape index (κ2) is 5.88. The molecule has 4 heteroatoms. The summed E-state index contributed by atoms with van der Waals surface area (Å²) in [6, 6.07) is 8.05. The van der Waals surface area contributed by atoms with Gasteiger partial charge in [-0.25, -0.2) is 0 Å². The molecule has 0 radical (unpaired) electrons. The van der Waals surface area contributed by atoms with Gasteiger partial charge in [-0.1, -0.05) is 24.3 Å². The summed E-state index contributed by atoms with van der Waals surface area (Å²) in [4.78, 5) is 25.7. The van der Waals surface area contributed by atoms with Crippen LogP contribution in [0.5, 0.6) is 0 Å². The molecular formula is C17H21NO3. The zero-order valence-electron chi connectivity index (χ0n) is 12.1. The highest BCUT2D eigenvalue weighted by atomic mass is 16.4. The van der Waals surface area contributed by atoms with Crippen molar-refractivity contribution in [1.29, 1.82) is 0 Å². The molecule has 1 heterocycles. The van der Waals surface area contributed by atoms with Crippen LogP contribution in [-0.2, 0) is 16.0 Å². The summed E-state index contributed by atoms with van der Waals surface area (Å²) in [6.45, 7) is 0.704. The van der Waals surface area contributed by atoms with E-state index in [2.05, 4.69) is 12.1 Å². The van der Waals surface area contributed by atoms with E-state index in [9.17, 15) is 9.59 Å². The summed E-state index contributed by atoms with van der Waals surface area (Å²) in [5.41, 5.74) is 2.42. The standard InChI is InChI=1S/C17H21NO3/c19-16(20)11-13-7-4-10-18(13)17(21)15-9-3-6-12-5-1-2-8-14(12)15/h1-2,5,8,13,15H,3-4,6-7,9-11H2,(H,19,20). The number of amides is 1. The van der Waals surface area contributed by atoms with Gasteiger partial charge in [0.2, 0.25) is 5.91 Å². The van der Waals surface area contributed by atoms with E-state index in [4.69, 9.17) is 5.11 Å². The second-order valence-electron chi connectivity index (χ2n) is 6.07. The molecule has 2 aliphatic rings. The average molecular weight is 287 g/mol. The van der Waals surface area contributed by atoms with Gasteiger partial charge >= 0.3 is 5.97 Å². The Balaban J connectivity index is 1.81. The van der Waals surface area contributed by atoms with E-state index < -0.39 is 5.97 Å². The number of hydrogen-bond acceptors (Lipinski definition) is 2. The number of aryl methyl sites for hydroxylation is 1. The van der Waals surface area contributed by atoms with Crippen molar-refractivity contribution in [3.05, 3.63) is 35.4 Å². The number of carbonyl (C=O) groups excluding carboxylic acids is 1. The van der Waals surface area contributed by atoms with Gasteiger partial charge in [0.05, 0.1) is 12.3 Å². The number of aliphatic carboxylic acids is 1. The molecule has 1 fully saturated rings. The third kappa shape index (κ3) is 2.80. The van der Waals surface area contributed by atoms with Crippen LogP contribution in [0.1, 0.15) is 49.1 Å². The van der Waals surface area contributed by atoms with E-state index in [0.29, 0.717) is 6.54 Å². The van der Waals surface area contributed by atoms with Crippen LogP contribution in [0.2, 0.25) is 0 Å². The average Bonchev–Trinajstić information content (AvgIpc) is 2.93. The van der Waals surface area contributed by atoms with Crippen molar-refractivity contribution in [1.82, 2.24) is 4.90 Å². The number of benzene rings is 1. The summed E-state index contributed by atoms with van der Waals surface area (Å²) >= 11 is 0. The van der Waals surface area contributed by atoms with Crippen molar-refractivity contribution < 1.29 is 14.7 Å². The number of carboxylic acid groups (broad SMARTS) is 1. The minimum absolute atomic E-state index is 0.0696. The number of nitrogens with zero attached hydrogens (tertiary/aromatic N) is 1. The molecule has 0 aromatic heterocycles. The highest BCUT2D eigenvalue weighted by Crippen LogP contribution is 2.35. The van der Waals surface area contributed by atoms with Crippen molar-refractivity contribution in [3.63, 3.8) is 0 Å². The van der Waals surface area contributed by atoms with Gasteiger partial charge in [-0.15, -0.1) is 0 Å². The van der Waals surface area contributed by atoms with Gasteiger partial charge in [-0.2, -0.15) is 0 Å². The molecule has 3 rings (SSSR count). The molecule has 1 N–H and O–H groups in total. The summed E-state index contributed by atoms with van der Waals surface area (Å²) in [5, 5.41) is 9.00. The second-order valence-corrected chi connectivity index (χ2v) is 6.07. The molecule has 1 aromatic carbocycles. The van der Waals surface area contributed by atoms with Crippen molar-refractivity contribution in [2.45, 2.75) is 50.5 Å². The van der Waals surface area contributed by atoms with Crippen molar-refractivity contribution in [2.75, 3.05) is 6.54 Å². The molecule has 1 aliphatic carbocycles. The normalized spacial score (nSPS) is 24.7. The molecule has 21 heavy (non-hydrogen) atoms. The molecule has 2 unspecified atom stereocenters. The van der Waals surface area contributed by atoms with Crippen LogP contribution < -0.4 is 0 Å². The largest absolute Gasteiger partial charge is 0.481 e. The van der Waals surface area contributed by atoms with Crippen molar-refractivity contribution in [3.8, 4) is 0 Å². The zero-order valence-corrected chi connectivity index (χ0v) is 12.1. The number of hydrogen-bond donors (Lipinski definition) is 1. The lowest BCUT2D eigenvalue weighted by Gasteiger charge is -2.31. The van der Waals surface area contributed by atoms with Gasteiger partial charge in [0, 0.05) is 12.6 Å². The lowest BCUT2D eigenvalue weighted by molar-refractivity contribution is -0.140. The Bertz CT molecular complexity index is 555. The first-order chi connectivity index (χ1) is 10.2. The fourth-order valence-corrected chi connectivity index (χ4v) is 3.75. The zero-order chi connectivity index (χ0) is 14.8. The summed E-state index contributed by atoms with van der Waals surface area (Å²) in [7, 11) is 0. The van der Waals surface area contributed by atoms with Crippen molar-refractivity contribution in [2.24, 2.45) is 0 Å². The van der Waals surface area contributed by atoms with Crippen LogP contribution in [0.15, 0.2) is 24.3 Å². The Morgan fingerprint density at radius 1 is 1.19 bits per heavy atom. The van der Waals surface area contributed by atoms with E-state index in [-0.39, 0.29) is 24.3 Å². The van der Waals surface area contributed by atoms with Crippen LogP contribution in [0.3, 0.4) is 0 Å². The highest BCUT2D eigenvalue weighted by Gasteiger charge is 2.36. The first-order valence-corrected chi connectivity index (χ1v) is 7.77. The molecule has 4 nitrogen and oxygen atoms in total. The molecule has 2 atom stereocenters. The predicted molar refractivity (Wildman–Crippen MR) is 79.1 cm³/mol. The van der Waals surface area contributed by atoms with E-state index in [1.165, 1.54) is 5.56 Å². The topological polar surface area (TPSA) is 57.6 Å². The third-order valence-corrected chi connectivity index (χ3v) is 4.74. The van der Waals surface area contributed by atoms with Crippen molar-refractivity contribution >= 4 is 11.9 Å². The number of fused-ring (bicyclic) bond motifs is 1. The smallest absolute Gasteiger partial charge is 0.305 e. The fraction of sp³-hybridized carbons (Fsp3) is 0.529. The number of rotatable bonds is 3. The van der Waals surface area contributed by atoms with Crippen LogP contribution >= 0.6 is 0 Å². The maximum absolute atomic E-state index is 12.9. The van der Waals surface area contributed by atoms with Gasteiger partial charge in [0.1, 0.15) is 0 Å². The molecule has 0 saturated carbocycles. The van der Waals surface area contributed by atoms with Crippen LogP contribution in [0.25, 0.3) is 0 Å². The molecule has 1 aromatic rings.